The molecule has 18 heavy (non-hydrogen) atoms. The molecule has 1 aliphatic rings. The number of hydrogen-bond acceptors (Lipinski definition) is 3. The van der Waals surface area contributed by atoms with Gasteiger partial charge in [-0.2, -0.15) is 0 Å². The zero-order chi connectivity index (χ0) is 13.0. The number of thiophene rings is 1. The van der Waals surface area contributed by atoms with E-state index in [2.05, 4.69) is 27.3 Å². The molecule has 2 unspecified atom stereocenters. The van der Waals surface area contributed by atoms with Gasteiger partial charge in [0.1, 0.15) is 0 Å². The third-order valence-electron chi connectivity index (χ3n) is 3.13. The quantitative estimate of drug-likeness (QED) is 0.900. The van der Waals surface area contributed by atoms with Crippen LogP contribution in [0, 0.1) is 0 Å². The minimum Gasteiger partial charge on any atom is -0.376 e. The molecule has 2 heterocycles. The second-order valence-electron chi connectivity index (χ2n) is 4.64. The predicted molar refractivity (Wildman–Crippen MR) is 76.9 cm³/mol. The molecule has 100 valence electrons. The minimum absolute atomic E-state index is 0.113. The third-order valence-corrected chi connectivity index (χ3v) is 4.89. The van der Waals surface area contributed by atoms with Gasteiger partial charge in [-0.15, -0.1) is 11.3 Å². The van der Waals surface area contributed by atoms with Gasteiger partial charge < -0.3 is 10.1 Å². The molecule has 1 aliphatic heterocycles. The molecule has 0 spiro atoms. The van der Waals surface area contributed by atoms with Crippen LogP contribution in [0.5, 0.6) is 0 Å². The number of aryl methyl sites for hydroxylation is 1. The second kappa shape index (κ2) is 6.68. The molecule has 5 heteroatoms. The Morgan fingerprint density at radius 3 is 3.17 bits per heavy atom. The van der Waals surface area contributed by atoms with E-state index in [1.54, 1.807) is 11.3 Å². The van der Waals surface area contributed by atoms with Crippen molar-refractivity contribution in [3.63, 3.8) is 0 Å². The topological polar surface area (TPSA) is 38.3 Å². The number of ether oxygens (including phenoxy) is 1. The number of rotatable bonds is 5. The van der Waals surface area contributed by atoms with E-state index in [0.29, 0.717) is 6.42 Å². The highest BCUT2D eigenvalue weighted by molar-refractivity contribution is 9.10. The van der Waals surface area contributed by atoms with Crippen LogP contribution >= 0.6 is 27.3 Å². The lowest BCUT2D eigenvalue weighted by atomic mass is 10.1. The van der Waals surface area contributed by atoms with E-state index in [1.165, 1.54) is 4.88 Å². The molecule has 1 aromatic heterocycles. The molecule has 1 N–H and O–H groups in total. The van der Waals surface area contributed by atoms with Crippen LogP contribution in [-0.2, 0) is 16.0 Å². The lowest BCUT2D eigenvalue weighted by molar-refractivity contribution is -0.122. The van der Waals surface area contributed by atoms with E-state index in [4.69, 9.17) is 4.74 Å². The molecule has 0 bridgehead atoms. The lowest BCUT2D eigenvalue weighted by Crippen LogP contribution is -2.40. The Morgan fingerprint density at radius 1 is 1.72 bits per heavy atom. The average molecular weight is 332 g/mol. The number of amides is 1. The standard InChI is InChI=1S/C13H18BrNO2S/c1-9(12-3-2-6-17-12)15-13(16)5-4-11-7-10(14)8-18-11/h7-9,12H,2-6H2,1H3,(H,15,16). The summed E-state index contributed by atoms with van der Waals surface area (Å²) >= 11 is 5.10. The molecular weight excluding hydrogens is 314 g/mol. The van der Waals surface area contributed by atoms with Crippen molar-refractivity contribution in [3.05, 3.63) is 20.8 Å². The molecule has 1 amide bonds. The van der Waals surface area contributed by atoms with Gasteiger partial charge in [-0.05, 0) is 48.2 Å². The van der Waals surface area contributed by atoms with Gasteiger partial charge in [0.2, 0.25) is 5.91 Å². The molecule has 0 radical (unpaired) electrons. The van der Waals surface area contributed by atoms with Gasteiger partial charge in [0.05, 0.1) is 12.1 Å². The fraction of sp³-hybridized carbons (Fsp3) is 0.615. The summed E-state index contributed by atoms with van der Waals surface area (Å²) in [6.07, 6.45) is 3.71. The van der Waals surface area contributed by atoms with Crippen LogP contribution in [0.4, 0.5) is 0 Å². The molecule has 0 aliphatic carbocycles. The monoisotopic (exact) mass is 331 g/mol. The molecule has 3 nitrogen and oxygen atoms in total. The summed E-state index contributed by atoms with van der Waals surface area (Å²) < 4.78 is 6.66. The zero-order valence-electron chi connectivity index (χ0n) is 10.4. The predicted octanol–water partition coefficient (Wildman–Crippen LogP) is 3.13. The van der Waals surface area contributed by atoms with Crippen LogP contribution in [0.25, 0.3) is 0 Å². The Labute approximate surface area is 120 Å². The van der Waals surface area contributed by atoms with Crippen LogP contribution in [0.1, 0.15) is 31.1 Å². The van der Waals surface area contributed by atoms with Crippen LogP contribution < -0.4 is 5.32 Å². The van der Waals surface area contributed by atoms with Crippen molar-refractivity contribution in [1.29, 1.82) is 0 Å². The van der Waals surface area contributed by atoms with Crippen molar-refractivity contribution in [2.45, 2.75) is 44.8 Å². The first-order valence-corrected chi connectivity index (χ1v) is 7.96. The summed E-state index contributed by atoms with van der Waals surface area (Å²) in [7, 11) is 0. The number of hydrogen-bond donors (Lipinski definition) is 1. The maximum atomic E-state index is 11.8. The first kappa shape index (κ1) is 14.0. The molecule has 1 fully saturated rings. The summed E-state index contributed by atoms with van der Waals surface area (Å²) in [5.41, 5.74) is 0. The van der Waals surface area contributed by atoms with Crippen LogP contribution in [0.2, 0.25) is 0 Å². The van der Waals surface area contributed by atoms with Crippen LogP contribution in [-0.4, -0.2) is 24.7 Å². The number of nitrogens with one attached hydrogen (secondary N) is 1. The lowest BCUT2D eigenvalue weighted by Gasteiger charge is -2.19. The summed E-state index contributed by atoms with van der Waals surface area (Å²) in [5, 5.41) is 5.07. The first-order valence-electron chi connectivity index (χ1n) is 6.29. The van der Waals surface area contributed by atoms with Crippen molar-refractivity contribution in [1.82, 2.24) is 5.32 Å². The Hall–Kier alpha value is -0.390. The summed E-state index contributed by atoms with van der Waals surface area (Å²) in [4.78, 5) is 13.1. The Balaban J connectivity index is 1.71. The molecule has 2 rings (SSSR count). The summed E-state index contributed by atoms with van der Waals surface area (Å²) in [6.45, 7) is 2.85. The van der Waals surface area contributed by atoms with Gasteiger partial charge in [0, 0.05) is 27.8 Å². The normalized spacial score (nSPS) is 20.9. The molecule has 1 aromatic rings. The van der Waals surface area contributed by atoms with Crippen LogP contribution in [0.3, 0.4) is 0 Å². The van der Waals surface area contributed by atoms with Crippen LogP contribution in [0.15, 0.2) is 15.9 Å². The maximum absolute atomic E-state index is 11.8. The minimum atomic E-state index is 0.113. The number of carbonyl (C=O) groups is 1. The maximum Gasteiger partial charge on any atom is 0.220 e. The van der Waals surface area contributed by atoms with E-state index in [0.717, 1.165) is 30.3 Å². The van der Waals surface area contributed by atoms with Crippen molar-refractivity contribution in [3.8, 4) is 0 Å². The highest BCUT2D eigenvalue weighted by Crippen LogP contribution is 2.21. The van der Waals surface area contributed by atoms with Crippen molar-refractivity contribution in [2.75, 3.05) is 6.61 Å². The number of carbonyl (C=O) groups excluding carboxylic acids is 1. The molecular formula is C13H18BrNO2S. The molecule has 0 aromatic carbocycles. The van der Waals surface area contributed by atoms with Crippen molar-refractivity contribution >= 4 is 33.2 Å². The highest BCUT2D eigenvalue weighted by Gasteiger charge is 2.23. The smallest absolute Gasteiger partial charge is 0.220 e. The number of halogens is 1. The van der Waals surface area contributed by atoms with Gasteiger partial charge in [0.25, 0.3) is 0 Å². The van der Waals surface area contributed by atoms with E-state index in [1.807, 2.05) is 12.3 Å². The Kier molecular flexibility index (Phi) is 5.21. The van der Waals surface area contributed by atoms with Gasteiger partial charge in [-0.3, -0.25) is 4.79 Å². The summed E-state index contributed by atoms with van der Waals surface area (Å²) in [5.74, 6) is 0.113. The van der Waals surface area contributed by atoms with Crippen molar-refractivity contribution < 1.29 is 9.53 Å². The molecule has 2 atom stereocenters. The highest BCUT2D eigenvalue weighted by atomic mass is 79.9. The van der Waals surface area contributed by atoms with E-state index < -0.39 is 0 Å². The van der Waals surface area contributed by atoms with Gasteiger partial charge in [-0.1, -0.05) is 0 Å². The molecule has 1 saturated heterocycles. The zero-order valence-corrected chi connectivity index (χ0v) is 12.9. The van der Waals surface area contributed by atoms with Gasteiger partial charge in [0.15, 0.2) is 0 Å². The summed E-state index contributed by atoms with van der Waals surface area (Å²) in [6, 6.07) is 2.19. The Bertz CT molecular complexity index is 401. The molecule has 0 saturated carbocycles. The Morgan fingerprint density at radius 2 is 2.56 bits per heavy atom. The van der Waals surface area contributed by atoms with E-state index in [-0.39, 0.29) is 18.1 Å². The first-order chi connectivity index (χ1) is 8.65. The van der Waals surface area contributed by atoms with Crippen molar-refractivity contribution in [2.24, 2.45) is 0 Å². The third kappa shape index (κ3) is 4.07. The van der Waals surface area contributed by atoms with Gasteiger partial charge >= 0.3 is 0 Å². The largest absolute Gasteiger partial charge is 0.376 e. The fourth-order valence-corrected chi connectivity index (χ4v) is 3.59. The van der Waals surface area contributed by atoms with E-state index in [9.17, 15) is 4.79 Å². The SMILES string of the molecule is CC(NC(=O)CCc1cc(Br)cs1)C1CCCO1. The second-order valence-corrected chi connectivity index (χ2v) is 6.55. The van der Waals surface area contributed by atoms with Gasteiger partial charge in [-0.25, -0.2) is 0 Å². The average Bonchev–Trinajstić information content (AvgIpc) is 2.97. The van der Waals surface area contributed by atoms with E-state index >= 15 is 0 Å². The fourth-order valence-electron chi connectivity index (χ4n) is 2.14.